The van der Waals surface area contributed by atoms with Crippen LogP contribution >= 0.6 is 0 Å². The highest BCUT2D eigenvalue weighted by molar-refractivity contribution is 5.71. The van der Waals surface area contributed by atoms with Gasteiger partial charge in [0.2, 0.25) is 5.95 Å². The Balaban J connectivity index is 2.44. The van der Waals surface area contributed by atoms with Crippen molar-refractivity contribution in [2.75, 3.05) is 24.7 Å². The number of aryl methyl sites for hydroxylation is 1. The molecule has 1 aliphatic carbocycles. The topological polar surface area (TPSA) is 92.3 Å². The van der Waals surface area contributed by atoms with Crippen molar-refractivity contribution in [1.82, 2.24) is 9.97 Å². The zero-order valence-electron chi connectivity index (χ0n) is 9.97. The molecule has 3 N–H and O–H groups in total. The summed E-state index contributed by atoms with van der Waals surface area (Å²) in [6.45, 7) is 0. The van der Waals surface area contributed by atoms with Gasteiger partial charge in [0.1, 0.15) is 5.82 Å². The minimum atomic E-state index is -0.753. The molecule has 0 bridgehead atoms. The maximum atomic E-state index is 11.0. The number of anilines is 2. The lowest BCUT2D eigenvalue weighted by atomic mass is 9.86. The first-order chi connectivity index (χ1) is 7.99. The third kappa shape index (κ3) is 2.15. The molecule has 1 heterocycles. The van der Waals surface area contributed by atoms with Gasteiger partial charge in [-0.05, 0) is 19.3 Å². The van der Waals surface area contributed by atoms with Crippen LogP contribution in [0.15, 0.2) is 0 Å². The van der Waals surface area contributed by atoms with Crippen LogP contribution < -0.4 is 10.6 Å². The van der Waals surface area contributed by atoms with E-state index in [1.165, 1.54) is 0 Å². The van der Waals surface area contributed by atoms with Crippen LogP contribution in [0.5, 0.6) is 0 Å². The number of carboxylic acids is 1. The van der Waals surface area contributed by atoms with E-state index in [-0.39, 0.29) is 11.9 Å². The highest BCUT2D eigenvalue weighted by atomic mass is 16.4. The van der Waals surface area contributed by atoms with Gasteiger partial charge in [0.25, 0.3) is 0 Å². The highest BCUT2D eigenvalue weighted by Gasteiger charge is 2.28. The van der Waals surface area contributed by atoms with Gasteiger partial charge in [-0.25, -0.2) is 4.98 Å². The fourth-order valence-corrected chi connectivity index (χ4v) is 2.19. The van der Waals surface area contributed by atoms with Crippen molar-refractivity contribution in [3.63, 3.8) is 0 Å². The van der Waals surface area contributed by atoms with E-state index in [2.05, 4.69) is 9.97 Å². The van der Waals surface area contributed by atoms with E-state index in [9.17, 15) is 4.79 Å². The van der Waals surface area contributed by atoms with Crippen LogP contribution in [-0.2, 0) is 17.6 Å². The van der Waals surface area contributed by atoms with Gasteiger partial charge in [-0.2, -0.15) is 4.98 Å². The van der Waals surface area contributed by atoms with Gasteiger partial charge in [-0.1, -0.05) is 0 Å². The number of rotatable bonds is 2. The highest BCUT2D eigenvalue weighted by Crippen LogP contribution is 2.30. The van der Waals surface area contributed by atoms with Gasteiger partial charge in [0.15, 0.2) is 0 Å². The summed E-state index contributed by atoms with van der Waals surface area (Å²) in [4.78, 5) is 21.3. The Labute approximate surface area is 99.5 Å². The van der Waals surface area contributed by atoms with Crippen LogP contribution in [0.1, 0.15) is 17.7 Å². The molecule has 1 aromatic heterocycles. The number of carboxylic acid groups (broad SMARTS) is 1. The second-order valence-corrected chi connectivity index (χ2v) is 4.50. The normalized spacial score (nSPS) is 18.6. The fraction of sp³-hybridized carbons (Fsp3) is 0.545. The average molecular weight is 236 g/mol. The fourth-order valence-electron chi connectivity index (χ4n) is 2.19. The number of nitrogen functional groups attached to an aromatic ring is 1. The molecule has 0 fully saturated rings. The molecule has 6 nitrogen and oxygen atoms in total. The minimum Gasteiger partial charge on any atom is -0.481 e. The molecule has 1 unspecified atom stereocenters. The zero-order chi connectivity index (χ0) is 12.6. The van der Waals surface area contributed by atoms with Crippen LogP contribution in [-0.4, -0.2) is 35.1 Å². The van der Waals surface area contributed by atoms with Gasteiger partial charge >= 0.3 is 5.97 Å². The van der Waals surface area contributed by atoms with E-state index >= 15 is 0 Å². The molecule has 0 spiro atoms. The lowest BCUT2D eigenvalue weighted by Crippen LogP contribution is -2.26. The second-order valence-electron chi connectivity index (χ2n) is 4.50. The standard InChI is InChI=1S/C11H16N4O2/c1-15(2)9-7-5-6(10(16)17)3-4-8(7)13-11(12)14-9/h6H,3-5H2,1-2H3,(H,16,17)(H2,12,13,14). The first kappa shape index (κ1) is 11.6. The summed E-state index contributed by atoms with van der Waals surface area (Å²) < 4.78 is 0. The summed E-state index contributed by atoms with van der Waals surface area (Å²) in [6, 6.07) is 0. The Kier molecular flexibility index (Phi) is 2.87. The monoisotopic (exact) mass is 236 g/mol. The first-order valence-corrected chi connectivity index (χ1v) is 5.54. The maximum absolute atomic E-state index is 11.0. The number of aromatic nitrogens is 2. The number of carbonyl (C=O) groups is 1. The maximum Gasteiger partial charge on any atom is 0.306 e. The van der Waals surface area contributed by atoms with Crippen molar-refractivity contribution >= 4 is 17.7 Å². The van der Waals surface area contributed by atoms with E-state index in [4.69, 9.17) is 10.8 Å². The van der Waals surface area contributed by atoms with Crippen molar-refractivity contribution in [1.29, 1.82) is 0 Å². The average Bonchev–Trinajstić information content (AvgIpc) is 2.26. The molecule has 1 aromatic rings. The number of aliphatic carboxylic acids is 1. The van der Waals surface area contributed by atoms with Crippen LogP contribution in [0.3, 0.4) is 0 Å². The molecule has 0 saturated carbocycles. The summed E-state index contributed by atoms with van der Waals surface area (Å²) in [7, 11) is 3.73. The van der Waals surface area contributed by atoms with Gasteiger partial charge in [-0.3, -0.25) is 4.79 Å². The largest absolute Gasteiger partial charge is 0.481 e. The first-order valence-electron chi connectivity index (χ1n) is 5.54. The van der Waals surface area contributed by atoms with Gasteiger partial charge in [0.05, 0.1) is 11.6 Å². The molecule has 2 rings (SSSR count). The molecule has 1 aliphatic rings. The number of nitrogens with zero attached hydrogens (tertiary/aromatic N) is 3. The van der Waals surface area contributed by atoms with Gasteiger partial charge in [0, 0.05) is 19.7 Å². The number of hydrogen-bond acceptors (Lipinski definition) is 5. The minimum absolute atomic E-state index is 0.251. The lowest BCUT2D eigenvalue weighted by molar-refractivity contribution is -0.142. The molecule has 17 heavy (non-hydrogen) atoms. The second kappa shape index (κ2) is 4.20. The predicted molar refractivity (Wildman–Crippen MR) is 63.9 cm³/mol. The molecule has 0 aromatic carbocycles. The van der Waals surface area contributed by atoms with E-state index in [0.717, 1.165) is 17.1 Å². The van der Waals surface area contributed by atoms with Crippen molar-refractivity contribution in [3.8, 4) is 0 Å². The molecule has 0 radical (unpaired) electrons. The Hall–Kier alpha value is -1.85. The van der Waals surface area contributed by atoms with Crippen molar-refractivity contribution in [2.45, 2.75) is 19.3 Å². The van der Waals surface area contributed by atoms with Crippen LogP contribution in [0.25, 0.3) is 0 Å². The van der Waals surface area contributed by atoms with E-state index in [0.29, 0.717) is 19.3 Å². The van der Waals surface area contributed by atoms with Crippen molar-refractivity contribution in [2.24, 2.45) is 5.92 Å². The predicted octanol–water partition coefficient (Wildman–Crippen LogP) is 0.314. The number of hydrogen-bond donors (Lipinski definition) is 2. The van der Waals surface area contributed by atoms with Crippen LogP contribution in [0, 0.1) is 5.92 Å². The van der Waals surface area contributed by atoms with Crippen LogP contribution in [0.2, 0.25) is 0 Å². The molecule has 92 valence electrons. The quantitative estimate of drug-likeness (QED) is 0.768. The van der Waals surface area contributed by atoms with E-state index < -0.39 is 5.97 Å². The number of nitrogens with two attached hydrogens (primary N) is 1. The third-order valence-electron chi connectivity index (χ3n) is 3.04. The Morgan fingerprint density at radius 3 is 2.76 bits per heavy atom. The van der Waals surface area contributed by atoms with E-state index in [1.54, 1.807) is 0 Å². The van der Waals surface area contributed by atoms with Gasteiger partial charge in [-0.15, -0.1) is 0 Å². The van der Waals surface area contributed by atoms with Crippen LogP contribution in [0.4, 0.5) is 11.8 Å². The summed E-state index contributed by atoms with van der Waals surface area (Å²) >= 11 is 0. The van der Waals surface area contributed by atoms with Gasteiger partial charge < -0.3 is 15.7 Å². The smallest absolute Gasteiger partial charge is 0.306 e. The zero-order valence-corrected chi connectivity index (χ0v) is 9.97. The van der Waals surface area contributed by atoms with Crippen molar-refractivity contribution in [3.05, 3.63) is 11.3 Å². The number of fused-ring (bicyclic) bond motifs is 1. The van der Waals surface area contributed by atoms with E-state index in [1.807, 2.05) is 19.0 Å². The third-order valence-corrected chi connectivity index (χ3v) is 3.04. The molecule has 0 amide bonds. The Bertz CT molecular complexity index is 459. The summed E-state index contributed by atoms with van der Waals surface area (Å²) in [5.41, 5.74) is 7.46. The molecule has 0 saturated heterocycles. The SMILES string of the molecule is CN(C)c1nc(N)nc2c1CC(C(=O)O)CC2. The lowest BCUT2D eigenvalue weighted by Gasteiger charge is -2.25. The van der Waals surface area contributed by atoms with Crippen molar-refractivity contribution < 1.29 is 9.90 Å². The Morgan fingerprint density at radius 2 is 2.18 bits per heavy atom. The summed E-state index contributed by atoms with van der Waals surface area (Å²) in [6.07, 6.45) is 1.75. The molecule has 0 aliphatic heterocycles. The molecule has 1 atom stereocenters. The Morgan fingerprint density at radius 1 is 1.47 bits per heavy atom. The molecular weight excluding hydrogens is 220 g/mol. The molecular formula is C11H16N4O2. The summed E-state index contributed by atoms with van der Waals surface area (Å²) in [5.74, 6) is -0.106. The summed E-state index contributed by atoms with van der Waals surface area (Å²) in [5, 5.41) is 9.07. The molecule has 6 heteroatoms.